The summed E-state index contributed by atoms with van der Waals surface area (Å²) in [6, 6.07) is 5.30. The smallest absolute Gasteiger partial charge is 0.305 e. The van der Waals surface area contributed by atoms with E-state index < -0.39 is 22.2 Å². The first-order valence-electron chi connectivity index (χ1n) is 5.88. The van der Waals surface area contributed by atoms with Crippen molar-refractivity contribution in [2.24, 2.45) is 0 Å². The van der Waals surface area contributed by atoms with E-state index in [1.54, 1.807) is 11.3 Å². The molecule has 1 aromatic heterocycles. The molecule has 20 heavy (non-hydrogen) atoms. The minimum atomic E-state index is -1.16. The molecule has 0 unspecified atom stereocenters. The number of rotatable bonds is 5. The van der Waals surface area contributed by atoms with E-state index in [0.717, 1.165) is 10.9 Å². The van der Waals surface area contributed by atoms with Crippen LogP contribution in [-0.2, 0) is 6.54 Å². The maximum absolute atomic E-state index is 13.6. The predicted molar refractivity (Wildman–Crippen MR) is 72.6 cm³/mol. The minimum Gasteiger partial charge on any atom is -0.305 e. The Kier molecular flexibility index (Phi) is 4.41. The third-order valence-electron chi connectivity index (χ3n) is 2.88. The van der Waals surface area contributed by atoms with E-state index in [4.69, 9.17) is 0 Å². The zero-order valence-electron chi connectivity index (χ0n) is 10.6. The summed E-state index contributed by atoms with van der Waals surface area (Å²) in [4.78, 5) is 10.8. The number of nitro benzene ring substituents is 1. The van der Waals surface area contributed by atoms with Crippen molar-refractivity contribution < 1.29 is 13.7 Å². The molecular weight excluding hydrogens is 286 g/mol. The van der Waals surface area contributed by atoms with Crippen LogP contribution in [0.1, 0.15) is 23.4 Å². The lowest BCUT2D eigenvalue weighted by molar-refractivity contribution is -0.387. The SMILES string of the molecule is C[C@@H](NCc1cc([N+](=O)[O-])c(F)cc1F)c1cccs1. The van der Waals surface area contributed by atoms with Crippen LogP contribution in [0.3, 0.4) is 0 Å². The van der Waals surface area contributed by atoms with E-state index >= 15 is 0 Å². The van der Waals surface area contributed by atoms with Crippen molar-refractivity contribution >= 4 is 17.0 Å². The molecular formula is C13H12F2N2O2S. The van der Waals surface area contributed by atoms with Crippen molar-refractivity contribution in [2.75, 3.05) is 0 Å². The fraction of sp³-hybridized carbons (Fsp3) is 0.231. The highest BCUT2D eigenvalue weighted by Crippen LogP contribution is 2.23. The predicted octanol–water partition coefficient (Wildman–Crippen LogP) is 3.79. The van der Waals surface area contributed by atoms with E-state index in [9.17, 15) is 18.9 Å². The number of nitro groups is 1. The normalized spacial score (nSPS) is 12.3. The number of nitrogens with one attached hydrogen (secondary N) is 1. The van der Waals surface area contributed by atoms with Crippen LogP contribution in [0.4, 0.5) is 14.5 Å². The number of hydrogen-bond donors (Lipinski definition) is 1. The van der Waals surface area contributed by atoms with Crippen LogP contribution in [0.2, 0.25) is 0 Å². The van der Waals surface area contributed by atoms with Crippen molar-refractivity contribution in [1.82, 2.24) is 5.32 Å². The van der Waals surface area contributed by atoms with Gasteiger partial charge in [-0.3, -0.25) is 10.1 Å². The fourth-order valence-electron chi connectivity index (χ4n) is 1.76. The lowest BCUT2D eigenvalue weighted by Gasteiger charge is -2.12. The molecule has 0 aliphatic rings. The van der Waals surface area contributed by atoms with E-state index in [1.807, 2.05) is 24.4 Å². The molecule has 0 aliphatic heterocycles. The fourth-order valence-corrected chi connectivity index (χ4v) is 2.52. The minimum absolute atomic E-state index is 0.0153. The van der Waals surface area contributed by atoms with E-state index in [0.29, 0.717) is 6.07 Å². The van der Waals surface area contributed by atoms with Crippen LogP contribution in [0.25, 0.3) is 0 Å². The second kappa shape index (κ2) is 6.06. The molecule has 0 spiro atoms. The first kappa shape index (κ1) is 14.5. The average molecular weight is 298 g/mol. The number of thiophene rings is 1. The Morgan fingerprint density at radius 3 is 2.75 bits per heavy atom. The molecule has 4 nitrogen and oxygen atoms in total. The van der Waals surface area contributed by atoms with Gasteiger partial charge in [0.25, 0.3) is 0 Å². The van der Waals surface area contributed by atoms with E-state index in [1.165, 1.54) is 0 Å². The Labute approximate surface area is 118 Å². The summed E-state index contributed by atoms with van der Waals surface area (Å²) in [6.07, 6.45) is 0. The number of hydrogen-bond acceptors (Lipinski definition) is 4. The van der Waals surface area contributed by atoms with Gasteiger partial charge < -0.3 is 5.32 Å². The van der Waals surface area contributed by atoms with Crippen LogP contribution in [0.15, 0.2) is 29.6 Å². The number of nitrogens with zero attached hydrogens (tertiary/aromatic N) is 1. The second-order valence-corrected chi connectivity index (χ2v) is 5.25. The first-order chi connectivity index (χ1) is 9.49. The van der Waals surface area contributed by atoms with Crippen molar-refractivity contribution in [3.8, 4) is 0 Å². The van der Waals surface area contributed by atoms with E-state index in [-0.39, 0.29) is 18.2 Å². The number of benzene rings is 1. The molecule has 2 rings (SSSR count). The Hall–Kier alpha value is -1.86. The molecule has 1 heterocycles. The Balaban J connectivity index is 2.13. The largest absolute Gasteiger partial charge is 0.305 e. The molecule has 2 aromatic rings. The summed E-state index contributed by atoms with van der Waals surface area (Å²) in [5, 5.41) is 15.6. The molecule has 0 fully saturated rings. The van der Waals surface area contributed by atoms with Crippen LogP contribution in [0.5, 0.6) is 0 Å². The third-order valence-corrected chi connectivity index (χ3v) is 3.94. The molecule has 106 valence electrons. The lowest BCUT2D eigenvalue weighted by atomic mass is 10.1. The van der Waals surface area contributed by atoms with Gasteiger partial charge in [0.05, 0.1) is 4.92 Å². The molecule has 0 saturated heterocycles. The second-order valence-electron chi connectivity index (χ2n) is 4.27. The molecule has 0 bridgehead atoms. The highest BCUT2D eigenvalue weighted by Gasteiger charge is 2.18. The molecule has 1 N–H and O–H groups in total. The summed E-state index contributed by atoms with van der Waals surface area (Å²) < 4.78 is 26.8. The van der Waals surface area contributed by atoms with Crippen molar-refractivity contribution in [3.63, 3.8) is 0 Å². The van der Waals surface area contributed by atoms with Crippen molar-refractivity contribution in [1.29, 1.82) is 0 Å². The molecule has 1 atom stereocenters. The monoisotopic (exact) mass is 298 g/mol. The Morgan fingerprint density at radius 2 is 2.15 bits per heavy atom. The van der Waals surface area contributed by atoms with Crippen molar-refractivity contribution in [2.45, 2.75) is 19.5 Å². The highest BCUT2D eigenvalue weighted by atomic mass is 32.1. The van der Waals surface area contributed by atoms with Gasteiger partial charge in [0, 0.05) is 35.2 Å². The third kappa shape index (κ3) is 3.17. The van der Waals surface area contributed by atoms with Crippen LogP contribution in [-0.4, -0.2) is 4.92 Å². The Bertz CT molecular complexity index is 617. The summed E-state index contributed by atoms with van der Waals surface area (Å²) in [6.45, 7) is 1.99. The van der Waals surface area contributed by atoms with Gasteiger partial charge in [0.15, 0.2) is 0 Å². The molecule has 0 aliphatic carbocycles. The summed E-state index contributed by atoms with van der Waals surface area (Å²) in [5.41, 5.74) is -0.645. The van der Waals surface area contributed by atoms with Gasteiger partial charge in [-0.05, 0) is 18.4 Å². The molecule has 0 amide bonds. The topological polar surface area (TPSA) is 55.2 Å². The van der Waals surface area contributed by atoms with Gasteiger partial charge in [-0.25, -0.2) is 4.39 Å². The van der Waals surface area contributed by atoms with Gasteiger partial charge in [0.1, 0.15) is 5.82 Å². The molecule has 0 radical (unpaired) electrons. The summed E-state index contributed by atoms with van der Waals surface area (Å²) in [5.74, 6) is -1.96. The quantitative estimate of drug-likeness (QED) is 0.675. The summed E-state index contributed by atoms with van der Waals surface area (Å²) in [7, 11) is 0. The number of halogens is 2. The zero-order valence-corrected chi connectivity index (χ0v) is 11.4. The molecule has 0 saturated carbocycles. The van der Waals surface area contributed by atoms with Gasteiger partial charge in [-0.1, -0.05) is 6.07 Å². The lowest BCUT2D eigenvalue weighted by Crippen LogP contribution is -2.18. The standard InChI is InChI=1S/C13H12F2N2O2S/c1-8(13-3-2-4-20-13)16-7-9-5-12(17(18)19)11(15)6-10(9)14/h2-6,8,16H,7H2,1H3/t8-/m1/s1. The zero-order chi connectivity index (χ0) is 14.7. The maximum atomic E-state index is 13.6. The van der Waals surface area contributed by atoms with E-state index in [2.05, 4.69) is 5.32 Å². The maximum Gasteiger partial charge on any atom is 0.305 e. The first-order valence-corrected chi connectivity index (χ1v) is 6.76. The summed E-state index contributed by atoms with van der Waals surface area (Å²) >= 11 is 1.56. The van der Waals surface area contributed by atoms with Crippen molar-refractivity contribution in [3.05, 3.63) is 61.8 Å². The van der Waals surface area contributed by atoms with Gasteiger partial charge in [-0.2, -0.15) is 4.39 Å². The Morgan fingerprint density at radius 1 is 1.40 bits per heavy atom. The van der Waals surface area contributed by atoms with Crippen LogP contribution < -0.4 is 5.32 Å². The average Bonchev–Trinajstić information content (AvgIpc) is 2.90. The van der Waals surface area contributed by atoms with Gasteiger partial charge in [0.2, 0.25) is 5.82 Å². The van der Waals surface area contributed by atoms with Crippen LogP contribution in [0, 0.1) is 21.7 Å². The van der Waals surface area contributed by atoms with Gasteiger partial charge in [-0.15, -0.1) is 11.3 Å². The molecule has 7 heteroatoms. The molecule has 1 aromatic carbocycles. The highest BCUT2D eigenvalue weighted by molar-refractivity contribution is 7.10. The van der Waals surface area contributed by atoms with Gasteiger partial charge >= 0.3 is 5.69 Å². The van der Waals surface area contributed by atoms with Crippen LogP contribution >= 0.6 is 11.3 Å².